The first-order valence-corrected chi connectivity index (χ1v) is 5.73. The summed E-state index contributed by atoms with van der Waals surface area (Å²) in [6, 6.07) is 0. The van der Waals surface area contributed by atoms with Gasteiger partial charge in [-0.1, -0.05) is 0 Å². The van der Waals surface area contributed by atoms with E-state index in [1.54, 1.807) is 0 Å². The van der Waals surface area contributed by atoms with Crippen LogP contribution >= 0.6 is 0 Å². The zero-order chi connectivity index (χ0) is 12.9. The molecule has 1 amide bonds. The molecule has 1 saturated heterocycles. The predicted octanol–water partition coefficient (Wildman–Crippen LogP) is 0.432. The molecule has 1 aliphatic heterocycles. The van der Waals surface area contributed by atoms with Crippen LogP contribution in [0.5, 0.6) is 0 Å². The van der Waals surface area contributed by atoms with Crippen LogP contribution in [0.25, 0.3) is 0 Å². The van der Waals surface area contributed by atoms with Crippen molar-refractivity contribution in [2.45, 2.75) is 19.0 Å². The standard InChI is InChI=1S/C10H18F3N3O/c11-10(12,13)9(17)16-7-5-15(6-8-16)4-2-1-3-14/h1-8,14H2. The number of unbranched alkanes of at least 4 members (excludes halogenated alkanes) is 1. The molecule has 0 aliphatic carbocycles. The number of carbonyl (C=O) groups is 1. The van der Waals surface area contributed by atoms with E-state index < -0.39 is 12.1 Å². The topological polar surface area (TPSA) is 49.6 Å². The number of carbonyl (C=O) groups excluding carboxylic acids is 1. The van der Waals surface area contributed by atoms with Crippen molar-refractivity contribution in [3.63, 3.8) is 0 Å². The molecule has 0 aromatic heterocycles. The van der Waals surface area contributed by atoms with Gasteiger partial charge in [-0.25, -0.2) is 0 Å². The molecule has 1 heterocycles. The van der Waals surface area contributed by atoms with Crippen LogP contribution in [0, 0.1) is 0 Å². The van der Waals surface area contributed by atoms with Crippen LogP contribution in [0.1, 0.15) is 12.8 Å². The molecule has 0 spiro atoms. The Morgan fingerprint density at radius 2 is 1.71 bits per heavy atom. The molecule has 17 heavy (non-hydrogen) atoms. The van der Waals surface area contributed by atoms with Crippen molar-refractivity contribution in [3.8, 4) is 0 Å². The molecule has 100 valence electrons. The number of alkyl halides is 3. The Bertz CT molecular complexity index is 250. The summed E-state index contributed by atoms with van der Waals surface area (Å²) in [6.45, 7) is 2.79. The van der Waals surface area contributed by atoms with Crippen LogP contribution in [0.4, 0.5) is 13.2 Å². The summed E-state index contributed by atoms with van der Waals surface area (Å²) in [6.07, 6.45) is -2.88. The van der Waals surface area contributed by atoms with E-state index in [9.17, 15) is 18.0 Å². The summed E-state index contributed by atoms with van der Waals surface area (Å²) in [5, 5.41) is 0. The second-order valence-electron chi connectivity index (χ2n) is 4.13. The third-order valence-electron chi connectivity index (χ3n) is 2.83. The van der Waals surface area contributed by atoms with E-state index in [0.29, 0.717) is 19.6 Å². The van der Waals surface area contributed by atoms with E-state index in [2.05, 4.69) is 4.90 Å². The predicted molar refractivity (Wildman–Crippen MR) is 57.4 cm³/mol. The van der Waals surface area contributed by atoms with Crippen molar-refractivity contribution in [1.82, 2.24) is 9.80 Å². The summed E-state index contributed by atoms with van der Waals surface area (Å²) < 4.78 is 36.5. The summed E-state index contributed by atoms with van der Waals surface area (Å²) in [5.74, 6) is -1.72. The number of amides is 1. The lowest BCUT2D eigenvalue weighted by molar-refractivity contribution is -0.187. The van der Waals surface area contributed by atoms with Gasteiger partial charge in [0.25, 0.3) is 0 Å². The van der Waals surface area contributed by atoms with Crippen LogP contribution < -0.4 is 5.73 Å². The van der Waals surface area contributed by atoms with Gasteiger partial charge in [0, 0.05) is 26.2 Å². The normalized spacial score (nSPS) is 18.5. The van der Waals surface area contributed by atoms with E-state index >= 15 is 0 Å². The van der Waals surface area contributed by atoms with E-state index in [-0.39, 0.29) is 13.1 Å². The number of hydrogen-bond acceptors (Lipinski definition) is 3. The zero-order valence-corrected chi connectivity index (χ0v) is 9.67. The largest absolute Gasteiger partial charge is 0.471 e. The monoisotopic (exact) mass is 253 g/mol. The molecule has 4 nitrogen and oxygen atoms in total. The summed E-state index contributed by atoms with van der Waals surface area (Å²) in [5.41, 5.74) is 5.36. The van der Waals surface area contributed by atoms with E-state index in [4.69, 9.17) is 5.73 Å². The van der Waals surface area contributed by atoms with Crippen molar-refractivity contribution in [2.24, 2.45) is 5.73 Å². The Morgan fingerprint density at radius 1 is 1.12 bits per heavy atom. The minimum Gasteiger partial charge on any atom is -0.332 e. The van der Waals surface area contributed by atoms with Gasteiger partial charge in [-0.3, -0.25) is 9.69 Å². The lowest BCUT2D eigenvalue weighted by atomic mass is 10.2. The minimum atomic E-state index is -4.75. The molecular formula is C10H18F3N3O. The van der Waals surface area contributed by atoms with Gasteiger partial charge in [0.15, 0.2) is 0 Å². The fourth-order valence-electron chi connectivity index (χ4n) is 1.83. The Morgan fingerprint density at radius 3 is 2.18 bits per heavy atom. The number of halogens is 3. The number of piperazine rings is 1. The van der Waals surface area contributed by atoms with Crippen molar-refractivity contribution >= 4 is 5.91 Å². The fourth-order valence-corrected chi connectivity index (χ4v) is 1.83. The average Bonchev–Trinajstić information content (AvgIpc) is 2.28. The Labute approximate surface area is 98.5 Å². The molecule has 1 aliphatic rings. The molecular weight excluding hydrogens is 235 g/mol. The molecule has 0 bridgehead atoms. The second-order valence-corrected chi connectivity index (χ2v) is 4.13. The van der Waals surface area contributed by atoms with Gasteiger partial charge < -0.3 is 10.6 Å². The Hall–Kier alpha value is -0.820. The molecule has 2 N–H and O–H groups in total. The van der Waals surface area contributed by atoms with Crippen molar-refractivity contribution in [3.05, 3.63) is 0 Å². The first-order valence-electron chi connectivity index (χ1n) is 5.73. The highest BCUT2D eigenvalue weighted by molar-refractivity contribution is 5.81. The van der Waals surface area contributed by atoms with Crippen LogP contribution in [0.2, 0.25) is 0 Å². The minimum absolute atomic E-state index is 0.154. The zero-order valence-electron chi connectivity index (χ0n) is 9.67. The fraction of sp³-hybridized carbons (Fsp3) is 0.900. The summed E-state index contributed by atoms with van der Waals surface area (Å²) >= 11 is 0. The third kappa shape index (κ3) is 4.51. The van der Waals surface area contributed by atoms with E-state index in [1.165, 1.54) is 0 Å². The smallest absolute Gasteiger partial charge is 0.332 e. The van der Waals surface area contributed by atoms with Crippen LogP contribution in [0.3, 0.4) is 0 Å². The molecule has 0 radical (unpaired) electrons. The Kier molecular flexibility index (Phi) is 5.20. The molecule has 1 rings (SSSR count). The molecule has 1 fully saturated rings. The molecule has 0 saturated carbocycles. The molecule has 0 aromatic rings. The molecule has 0 aromatic carbocycles. The number of hydrogen-bond donors (Lipinski definition) is 1. The summed E-state index contributed by atoms with van der Waals surface area (Å²) in [7, 11) is 0. The highest BCUT2D eigenvalue weighted by atomic mass is 19.4. The second kappa shape index (κ2) is 6.20. The van der Waals surface area contributed by atoms with Crippen molar-refractivity contribution in [1.29, 1.82) is 0 Å². The molecule has 0 unspecified atom stereocenters. The lowest BCUT2D eigenvalue weighted by Gasteiger charge is -2.34. The number of rotatable bonds is 4. The van der Waals surface area contributed by atoms with Gasteiger partial charge in [0.1, 0.15) is 0 Å². The van der Waals surface area contributed by atoms with Gasteiger partial charge >= 0.3 is 12.1 Å². The van der Waals surface area contributed by atoms with Gasteiger partial charge in [-0.05, 0) is 25.9 Å². The number of nitrogens with two attached hydrogens (primary N) is 1. The third-order valence-corrected chi connectivity index (χ3v) is 2.83. The van der Waals surface area contributed by atoms with E-state index in [0.717, 1.165) is 24.3 Å². The first-order chi connectivity index (χ1) is 7.95. The maximum atomic E-state index is 12.2. The Balaban J connectivity index is 2.28. The molecule has 0 atom stereocenters. The lowest BCUT2D eigenvalue weighted by Crippen LogP contribution is -2.52. The first kappa shape index (κ1) is 14.2. The highest BCUT2D eigenvalue weighted by Crippen LogP contribution is 2.19. The summed E-state index contributed by atoms with van der Waals surface area (Å²) in [4.78, 5) is 13.9. The highest BCUT2D eigenvalue weighted by Gasteiger charge is 2.42. The van der Waals surface area contributed by atoms with Crippen molar-refractivity contribution < 1.29 is 18.0 Å². The SMILES string of the molecule is NCCCCN1CCN(C(=O)C(F)(F)F)CC1. The van der Waals surface area contributed by atoms with Crippen LogP contribution in [-0.4, -0.2) is 61.2 Å². The van der Waals surface area contributed by atoms with E-state index in [1.807, 2.05) is 0 Å². The maximum Gasteiger partial charge on any atom is 0.471 e. The van der Waals surface area contributed by atoms with Crippen LogP contribution in [0.15, 0.2) is 0 Å². The quantitative estimate of drug-likeness (QED) is 0.739. The molecule has 7 heteroatoms. The van der Waals surface area contributed by atoms with Gasteiger partial charge in [-0.15, -0.1) is 0 Å². The van der Waals surface area contributed by atoms with Crippen molar-refractivity contribution in [2.75, 3.05) is 39.3 Å². The van der Waals surface area contributed by atoms with Gasteiger partial charge in [-0.2, -0.15) is 13.2 Å². The van der Waals surface area contributed by atoms with Crippen LogP contribution in [-0.2, 0) is 4.79 Å². The van der Waals surface area contributed by atoms with Gasteiger partial charge in [0.2, 0.25) is 0 Å². The van der Waals surface area contributed by atoms with Gasteiger partial charge in [0.05, 0.1) is 0 Å². The maximum absolute atomic E-state index is 12.2. The average molecular weight is 253 g/mol. The number of nitrogens with zero attached hydrogens (tertiary/aromatic N) is 2.